The van der Waals surface area contributed by atoms with Crippen molar-refractivity contribution < 1.29 is 0 Å². The molecule has 2 aliphatic heterocycles. The number of hydrogen-bond donors (Lipinski definition) is 0. The lowest BCUT2D eigenvalue weighted by atomic mass is 9.90. The Morgan fingerprint density at radius 1 is 0.788 bits per heavy atom. The summed E-state index contributed by atoms with van der Waals surface area (Å²) in [5.41, 5.74) is 10.1. The molecule has 0 spiro atoms. The molecule has 0 N–H and O–H groups in total. The molecule has 3 heterocycles. The summed E-state index contributed by atoms with van der Waals surface area (Å²) < 4.78 is 0. The summed E-state index contributed by atoms with van der Waals surface area (Å²) in [6.07, 6.45) is 13.1. The molecule has 33 heavy (non-hydrogen) atoms. The third kappa shape index (κ3) is 4.07. The number of anilines is 1. The van der Waals surface area contributed by atoms with Crippen molar-refractivity contribution in [3.8, 4) is 0 Å². The zero-order valence-electron chi connectivity index (χ0n) is 18.7. The summed E-state index contributed by atoms with van der Waals surface area (Å²) in [6, 6.07) is 23.4. The third-order valence-corrected chi connectivity index (χ3v) is 6.75. The Hall–Kier alpha value is -3.72. The highest BCUT2D eigenvalue weighted by Gasteiger charge is 2.23. The van der Waals surface area contributed by atoms with Gasteiger partial charge in [0.05, 0.1) is 11.2 Å². The number of pyridine rings is 1. The van der Waals surface area contributed by atoms with Gasteiger partial charge in [0, 0.05) is 36.6 Å². The minimum absolute atomic E-state index is 0.981. The summed E-state index contributed by atoms with van der Waals surface area (Å²) in [4.78, 5) is 11.8. The van der Waals surface area contributed by atoms with E-state index in [-0.39, 0.29) is 0 Å². The van der Waals surface area contributed by atoms with Crippen molar-refractivity contribution in [1.29, 1.82) is 0 Å². The number of rotatable bonds is 4. The van der Waals surface area contributed by atoms with E-state index in [1.54, 1.807) is 0 Å². The minimum atomic E-state index is 0.981. The first-order chi connectivity index (χ1) is 16.3. The molecule has 6 rings (SSSR count). The molecule has 0 saturated heterocycles. The first-order valence-corrected chi connectivity index (χ1v) is 11.9. The van der Waals surface area contributed by atoms with E-state index in [1.807, 2.05) is 24.5 Å². The molecule has 162 valence electrons. The molecule has 1 aromatic heterocycles. The van der Waals surface area contributed by atoms with Gasteiger partial charge in [0.2, 0.25) is 0 Å². The van der Waals surface area contributed by atoms with E-state index in [0.29, 0.717) is 0 Å². The van der Waals surface area contributed by atoms with E-state index in [9.17, 15) is 0 Å². The SMILES string of the molecule is C(=Nc1ccc(/C=C/c2ccnc3ccccc23)cc1)c1cc2c3c(c1)CCCN3CCC2. The van der Waals surface area contributed by atoms with E-state index in [4.69, 9.17) is 4.99 Å². The van der Waals surface area contributed by atoms with Crippen molar-refractivity contribution >= 4 is 40.6 Å². The van der Waals surface area contributed by atoms with Crippen LogP contribution in [0.15, 0.2) is 77.9 Å². The second-order valence-corrected chi connectivity index (χ2v) is 8.98. The fourth-order valence-corrected chi connectivity index (χ4v) is 5.17. The number of aryl methyl sites for hydroxylation is 2. The molecule has 0 radical (unpaired) electrons. The normalized spacial score (nSPS) is 15.5. The fourth-order valence-electron chi connectivity index (χ4n) is 5.17. The third-order valence-electron chi connectivity index (χ3n) is 6.75. The molecule has 3 nitrogen and oxygen atoms in total. The monoisotopic (exact) mass is 429 g/mol. The molecule has 0 amide bonds. The van der Waals surface area contributed by atoms with Crippen LogP contribution in [0, 0.1) is 0 Å². The highest BCUT2D eigenvalue weighted by Crippen LogP contribution is 2.35. The fraction of sp³-hybridized carbons (Fsp3) is 0.200. The molecular weight excluding hydrogens is 402 g/mol. The van der Waals surface area contributed by atoms with Crippen molar-refractivity contribution in [1.82, 2.24) is 4.98 Å². The zero-order valence-corrected chi connectivity index (χ0v) is 18.7. The molecule has 0 atom stereocenters. The summed E-state index contributed by atoms with van der Waals surface area (Å²) in [5, 5.41) is 1.17. The van der Waals surface area contributed by atoms with Crippen molar-refractivity contribution in [2.75, 3.05) is 18.0 Å². The lowest BCUT2D eigenvalue weighted by Gasteiger charge is -2.37. The number of aliphatic imine (C=N–C) groups is 1. The second-order valence-electron chi connectivity index (χ2n) is 8.98. The number of benzene rings is 3. The van der Waals surface area contributed by atoms with Gasteiger partial charge in [-0.3, -0.25) is 9.98 Å². The maximum absolute atomic E-state index is 4.77. The van der Waals surface area contributed by atoms with Crippen LogP contribution in [-0.4, -0.2) is 24.3 Å². The van der Waals surface area contributed by atoms with Crippen LogP contribution in [0.4, 0.5) is 11.4 Å². The van der Waals surface area contributed by atoms with Crippen LogP contribution in [0.5, 0.6) is 0 Å². The zero-order chi connectivity index (χ0) is 22.0. The first kappa shape index (κ1) is 19.9. The van der Waals surface area contributed by atoms with Gasteiger partial charge >= 0.3 is 0 Å². The van der Waals surface area contributed by atoms with E-state index < -0.39 is 0 Å². The number of para-hydroxylation sites is 1. The van der Waals surface area contributed by atoms with Crippen LogP contribution in [0.3, 0.4) is 0 Å². The van der Waals surface area contributed by atoms with Gasteiger partial charge in [0.25, 0.3) is 0 Å². The van der Waals surface area contributed by atoms with Crippen molar-refractivity contribution in [2.45, 2.75) is 25.7 Å². The quantitative estimate of drug-likeness (QED) is 0.332. The van der Waals surface area contributed by atoms with Crippen molar-refractivity contribution in [3.05, 3.63) is 101 Å². The Balaban J connectivity index is 1.20. The van der Waals surface area contributed by atoms with Gasteiger partial charge in [-0.1, -0.05) is 42.5 Å². The van der Waals surface area contributed by atoms with Gasteiger partial charge in [-0.25, -0.2) is 0 Å². The predicted molar refractivity (Wildman–Crippen MR) is 140 cm³/mol. The Morgan fingerprint density at radius 2 is 1.55 bits per heavy atom. The van der Waals surface area contributed by atoms with Crippen LogP contribution in [-0.2, 0) is 12.8 Å². The lowest BCUT2D eigenvalue weighted by Crippen LogP contribution is -2.34. The average molecular weight is 430 g/mol. The van der Waals surface area contributed by atoms with Gasteiger partial charge in [0.15, 0.2) is 0 Å². The first-order valence-electron chi connectivity index (χ1n) is 11.9. The molecule has 0 unspecified atom stereocenters. The van der Waals surface area contributed by atoms with Crippen molar-refractivity contribution in [3.63, 3.8) is 0 Å². The average Bonchev–Trinajstić information content (AvgIpc) is 2.87. The van der Waals surface area contributed by atoms with Crippen LogP contribution in [0.2, 0.25) is 0 Å². The molecule has 0 saturated carbocycles. The van der Waals surface area contributed by atoms with E-state index in [1.165, 1.54) is 72.1 Å². The van der Waals surface area contributed by atoms with Crippen LogP contribution in [0.25, 0.3) is 23.1 Å². The standard InChI is InChI=1S/C30H27N3/c1-2-8-29-28(7-1)24(15-16-31-29)12-9-22-10-13-27(14-11-22)32-21-23-19-25-5-3-17-33-18-4-6-26(20-23)30(25)33/h1-2,7-16,19-21H,3-6,17-18H2/b12-9+,32-21?. The largest absolute Gasteiger partial charge is 0.371 e. The topological polar surface area (TPSA) is 28.5 Å². The highest BCUT2D eigenvalue weighted by atomic mass is 15.1. The minimum Gasteiger partial charge on any atom is -0.371 e. The van der Waals surface area contributed by atoms with Gasteiger partial charge in [-0.15, -0.1) is 0 Å². The Morgan fingerprint density at radius 3 is 2.33 bits per heavy atom. The Labute approximate surface area is 195 Å². The molecule has 3 heteroatoms. The number of fused-ring (bicyclic) bond motifs is 1. The number of aromatic nitrogens is 1. The Bertz CT molecular complexity index is 1330. The van der Waals surface area contributed by atoms with Gasteiger partial charge in [-0.05, 0) is 89.9 Å². The Kier molecular flexibility index (Phi) is 5.23. The molecule has 2 aliphatic rings. The maximum Gasteiger partial charge on any atom is 0.0707 e. The van der Waals surface area contributed by atoms with Crippen LogP contribution < -0.4 is 4.90 Å². The number of nitrogens with zero attached hydrogens (tertiary/aromatic N) is 3. The van der Waals surface area contributed by atoms with Gasteiger partial charge in [-0.2, -0.15) is 0 Å². The van der Waals surface area contributed by atoms with E-state index in [0.717, 1.165) is 16.8 Å². The van der Waals surface area contributed by atoms with Crippen molar-refractivity contribution in [2.24, 2.45) is 4.99 Å². The van der Waals surface area contributed by atoms with E-state index in [2.05, 4.69) is 76.6 Å². The summed E-state index contributed by atoms with van der Waals surface area (Å²) >= 11 is 0. The van der Waals surface area contributed by atoms with Crippen LogP contribution >= 0.6 is 0 Å². The predicted octanol–water partition coefficient (Wildman–Crippen LogP) is 6.85. The smallest absolute Gasteiger partial charge is 0.0707 e. The summed E-state index contributed by atoms with van der Waals surface area (Å²) in [5.74, 6) is 0. The maximum atomic E-state index is 4.77. The molecule has 3 aromatic carbocycles. The number of hydrogen-bond acceptors (Lipinski definition) is 3. The molecule has 0 bridgehead atoms. The molecule has 0 fully saturated rings. The van der Waals surface area contributed by atoms with Gasteiger partial charge < -0.3 is 4.90 Å². The molecule has 4 aromatic rings. The van der Waals surface area contributed by atoms with E-state index >= 15 is 0 Å². The second kappa shape index (κ2) is 8.67. The summed E-state index contributed by atoms with van der Waals surface area (Å²) in [6.45, 7) is 2.43. The molecular formula is C30H27N3. The summed E-state index contributed by atoms with van der Waals surface area (Å²) in [7, 11) is 0. The highest BCUT2D eigenvalue weighted by molar-refractivity contribution is 5.90. The lowest BCUT2D eigenvalue weighted by molar-refractivity contribution is 0.634. The van der Waals surface area contributed by atoms with Gasteiger partial charge in [0.1, 0.15) is 0 Å². The molecule has 0 aliphatic carbocycles. The van der Waals surface area contributed by atoms with Crippen LogP contribution in [0.1, 0.15) is 40.7 Å².